The molecule has 6 N–H and O–H groups in total. The summed E-state index contributed by atoms with van der Waals surface area (Å²) in [5.41, 5.74) is 0.939. The second-order valence-electron chi connectivity index (χ2n) is 3.19. The van der Waals surface area contributed by atoms with Gasteiger partial charge in [-0.3, -0.25) is 15.0 Å². The molecule has 0 aromatic carbocycles. The minimum absolute atomic E-state index is 0.550. The summed E-state index contributed by atoms with van der Waals surface area (Å²) in [6, 6.07) is 0. The van der Waals surface area contributed by atoms with Crippen LogP contribution >= 0.6 is 0 Å². The van der Waals surface area contributed by atoms with Gasteiger partial charge in [0, 0.05) is 13.0 Å². The monoisotopic (exact) mass is 262 g/mol. The molecular weight excluding hydrogens is 248 g/mol. The zero-order valence-electron chi connectivity index (χ0n) is 9.49. The summed E-state index contributed by atoms with van der Waals surface area (Å²) in [6.45, 7) is 0.131. The molecular formula is C9H14N2O7. The number of hydrogen-bond donors (Lipinski definition) is 5. The third-order valence-electron chi connectivity index (χ3n) is 1.81. The number of hydrazine groups is 1. The molecule has 0 saturated carbocycles. The number of ether oxygens (including phenoxy) is 1. The highest BCUT2D eigenvalue weighted by Crippen LogP contribution is 2.12. The van der Waals surface area contributed by atoms with Gasteiger partial charge < -0.3 is 20.1 Å². The highest BCUT2D eigenvalue weighted by molar-refractivity contribution is 5.98. The Balaban J connectivity index is 5.34. The quantitative estimate of drug-likeness (QED) is 0.113. The Bertz CT molecular complexity index is 366. The Hall–Kier alpha value is -1.97. The Morgan fingerprint density at radius 3 is 2.33 bits per heavy atom. The van der Waals surface area contributed by atoms with Crippen molar-refractivity contribution in [3.8, 4) is 0 Å². The smallest absolute Gasteiger partial charge is 0.335 e. The number of carboxylic acid groups (broad SMARTS) is 1. The number of aliphatic hydroxyl groups excluding tert-OH is 2. The normalized spacial score (nSPS) is 14.6. The van der Waals surface area contributed by atoms with Crippen LogP contribution in [-0.2, 0) is 19.1 Å². The minimum Gasteiger partial charge on any atom is -0.478 e. The van der Waals surface area contributed by atoms with Crippen LogP contribution < -0.4 is 11.3 Å². The van der Waals surface area contributed by atoms with Crippen LogP contribution in [0.15, 0.2) is 11.6 Å². The summed E-state index contributed by atoms with van der Waals surface area (Å²) in [5.74, 6) is 1.33. The van der Waals surface area contributed by atoms with E-state index in [9.17, 15) is 19.5 Å². The lowest BCUT2D eigenvalue weighted by molar-refractivity contribution is -0.153. The maximum absolute atomic E-state index is 11.0. The standard InChI is InChI=1S/C9H14N2O7/c1-4(13)18-8(6(14)3-12)5(9(16)17)2-7(15)11-10/h2,6,8,12,14H,3,10H2,1H3,(H,11,15)(H,16,17)/b5-2-. The van der Waals surface area contributed by atoms with Crippen molar-refractivity contribution in [3.05, 3.63) is 11.6 Å². The third kappa shape index (κ3) is 4.91. The van der Waals surface area contributed by atoms with Gasteiger partial charge in [-0.05, 0) is 0 Å². The number of esters is 1. The Labute approximate surface area is 102 Å². The first kappa shape index (κ1) is 16.0. The Morgan fingerprint density at radius 1 is 1.44 bits per heavy atom. The molecule has 0 bridgehead atoms. The molecule has 0 aliphatic heterocycles. The molecule has 9 nitrogen and oxygen atoms in total. The largest absolute Gasteiger partial charge is 0.478 e. The van der Waals surface area contributed by atoms with Crippen molar-refractivity contribution >= 4 is 17.8 Å². The molecule has 0 radical (unpaired) electrons. The lowest BCUT2D eigenvalue weighted by Gasteiger charge is -2.21. The van der Waals surface area contributed by atoms with Gasteiger partial charge in [-0.15, -0.1) is 0 Å². The molecule has 2 unspecified atom stereocenters. The van der Waals surface area contributed by atoms with Crippen molar-refractivity contribution in [2.45, 2.75) is 19.1 Å². The van der Waals surface area contributed by atoms with Crippen molar-refractivity contribution in [1.29, 1.82) is 0 Å². The number of amides is 1. The first-order chi connectivity index (χ1) is 8.33. The van der Waals surface area contributed by atoms with Crippen LogP contribution in [0, 0.1) is 0 Å². The van der Waals surface area contributed by atoms with Crippen LogP contribution in [0.2, 0.25) is 0 Å². The molecule has 0 aromatic rings. The third-order valence-corrected chi connectivity index (χ3v) is 1.81. The maximum atomic E-state index is 11.0. The fourth-order valence-electron chi connectivity index (χ4n) is 1.07. The number of nitrogens with one attached hydrogen (secondary N) is 1. The van der Waals surface area contributed by atoms with E-state index in [2.05, 4.69) is 4.74 Å². The van der Waals surface area contributed by atoms with E-state index in [1.807, 2.05) is 0 Å². The number of nitrogens with two attached hydrogens (primary N) is 1. The van der Waals surface area contributed by atoms with Gasteiger partial charge in [0.15, 0.2) is 6.10 Å². The van der Waals surface area contributed by atoms with Crippen LogP contribution in [0.5, 0.6) is 0 Å². The fourth-order valence-corrected chi connectivity index (χ4v) is 1.07. The van der Waals surface area contributed by atoms with E-state index in [0.717, 1.165) is 6.92 Å². The number of aliphatic carboxylic acids is 1. The van der Waals surface area contributed by atoms with Crippen molar-refractivity contribution in [3.63, 3.8) is 0 Å². The van der Waals surface area contributed by atoms with Crippen molar-refractivity contribution in [2.24, 2.45) is 5.84 Å². The van der Waals surface area contributed by atoms with Crippen LogP contribution in [-0.4, -0.2) is 52.0 Å². The van der Waals surface area contributed by atoms with Gasteiger partial charge >= 0.3 is 11.9 Å². The second-order valence-corrected chi connectivity index (χ2v) is 3.19. The lowest BCUT2D eigenvalue weighted by atomic mass is 10.0. The number of carbonyl (C=O) groups excluding carboxylic acids is 2. The number of rotatable bonds is 6. The highest BCUT2D eigenvalue weighted by atomic mass is 16.6. The Morgan fingerprint density at radius 2 is 2.00 bits per heavy atom. The van der Waals surface area contributed by atoms with Gasteiger partial charge in [0.25, 0.3) is 5.91 Å². The van der Waals surface area contributed by atoms with E-state index >= 15 is 0 Å². The van der Waals surface area contributed by atoms with Gasteiger partial charge in [-0.1, -0.05) is 0 Å². The first-order valence-electron chi connectivity index (χ1n) is 4.75. The van der Waals surface area contributed by atoms with Crippen LogP contribution in [0.3, 0.4) is 0 Å². The van der Waals surface area contributed by atoms with Crippen LogP contribution in [0.25, 0.3) is 0 Å². The summed E-state index contributed by atoms with van der Waals surface area (Å²) >= 11 is 0. The van der Waals surface area contributed by atoms with Crippen LogP contribution in [0.1, 0.15) is 6.92 Å². The SMILES string of the molecule is CC(=O)OC(/C(=C/C(=O)NN)C(=O)O)C(O)CO. The Kier molecular flexibility index (Phi) is 6.57. The van der Waals surface area contributed by atoms with E-state index in [1.54, 1.807) is 5.43 Å². The van der Waals surface area contributed by atoms with E-state index in [1.165, 1.54) is 0 Å². The van der Waals surface area contributed by atoms with Crippen LogP contribution in [0.4, 0.5) is 0 Å². The fraction of sp³-hybridized carbons (Fsp3) is 0.444. The number of aliphatic hydroxyl groups is 2. The van der Waals surface area contributed by atoms with E-state index in [0.29, 0.717) is 6.08 Å². The van der Waals surface area contributed by atoms with E-state index in [4.69, 9.17) is 16.1 Å². The summed E-state index contributed by atoms with van der Waals surface area (Å²) < 4.78 is 4.55. The molecule has 0 rings (SSSR count). The van der Waals surface area contributed by atoms with Gasteiger partial charge in [0.1, 0.15) is 6.10 Å². The molecule has 0 aliphatic carbocycles. The molecule has 0 aliphatic rings. The summed E-state index contributed by atoms with van der Waals surface area (Å²) in [5, 5.41) is 27.0. The molecule has 9 heteroatoms. The lowest BCUT2D eigenvalue weighted by Crippen LogP contribution is -2.39. The zero-order valence-corrected chi connectivity index (χ0v) is 9.49. The molecule has 2 atom stereocenters. The molecule has 1 amide bonds. The van der Waals surface area contributed by atoms with E-state index < -0.39 is 42.2 Å². The summed E-state index contributed by atoms with van der Waals surface area (Å²) in [4.78, 5) is 32.7. The molecule has 0 saturated heterocycles. The molecule has 0 heterocycles. The summed E-state index contributed by atoms with van der Waals surface area (Å²) in [7, 11) is 0. The molecule has 102 valence electrons. The molecule has 0 aromatic heterocycles. The summed E-state index contributed by atoms with van der Waals surface area (Å²) in [6.07, 6.45) is -2.81. The van der Waals surface area contributed by atoms with Gasteiger partial charge in [-0.2, -0.15) is 0 Å². The average molecular weight is 262 g/mol. The van der Waals surface area contributed by atoms with Gasteiger partial charge in [0.2, 0.25) is 0 Å². The van der Waals surface area contributed by atoms with Crippen molar-refractivity contribution < 1.29 is 34.4 Å². The van der Waals surface area contributed by atoms with Crippen molar-refractivity contribution in [1.82, 2.24) is 5.43 Å². The van der Waals surface area contributed by atoms with Gasteiger partial charge in [0.05, 0.1) is 12.2 Å². The second kappa shape index (κ2) is 7.37. The average Bonchev–Trinajstić information content (AvgIpc) is 2.31. The predicted octanol–water partition coefficient (Wildman–Crippen LogP) is -2.73. The van der Waals surface area contributed by atoms with Crippen molar-refractivity contribution in [2.75, 3.05) is 6.61 Å². The zero-order chi connectivity index (χ0) is 14.3. The molecule has 0 spiro atoms. The number of carboxylic acids is 1. The maximum Gasteiger partial charge on any atom is 0.335 e. The predicted molar refractivity (Wildman–Crippen MR) is 56.7 cm³/mol. The first-order valence-corrected chi connectivity index (χ1v) is 4.75. The minimum atomic E-state index is -1.68. The van der Waals surface area contributed by atoms with E-state index in [-0.39, 0.29) is 0 Å². The number of hydrogen-bond acceptors (Lipinski definition) is 7. The topological polar surface area (TPSA) is 159 Å². The number of carbonyl (C=O) groups is 3. The van der Waals surface area contributed by atoms with Gasteiger partial charge in [-0.25, -0.2) is 10.6 Å². The highest BCUT2D eigenvalue weighted by Gasteiger charge is 2.31. The molecule has 18 heavy (non-hydrogen) atoms. The molecule has 0 fully saturated rings.